The molecule has 1 saturated heterocycles. The number of hydrogen-bond donors (Lipinski definition) is 1. The number of rotatable bonds is 5. The molecule has 1 saturated carbocycles. The summed E-state index contributed by atoms with van der Waals surface area (Å²) in [5, 5.41) is 3.05. The number of ether oxygens (including phenoxy) is 1. The molecule has 1 aromatic rings. The highest BCUT2D eigenvalue weighted by Crippen LogP contribution is 2.38. The van der Waals surface area contributed by atoms with Crippen molar-refractivity contribution in [1.29, 1.82) is 0 Å². The molecule has 0 atom stereocenters. The van der Waals surface area contributed by atoms with Gasteiger partial charge in [-0.3, -0.25) is 14.5 Å². The summed E-state index contributed by atoms with van der Waals surface area (Å²) in [5.74, 6) is -1.66. The number of anilines is 1. The van der Waals surface area contributed by atoms with Gasteiger partial charge in [0.1, 0.15) is 17.0 Å². The third-order valence-electron chi connectivity index (χ3n) is 6.83. The van der Waals surface area contributed by atoms with Gasteiger partial charge < -0.3 is 15.0 Å². The topological polar surface area (TPSA) is 79.0 Å². The van der Waals surface area contributed by atoms with E-state index in [-0.39, 0.29) is 37.7 Å². The maximum Gasteiger partial charge on any atom is 0.416 e. The molecule has 1 heterocycles. The Morgan fingerprint density at radius 1 is 1.11 bits per heavy atom. The number of carbonyl (C=O) groups is 3. The van der Waals surface area contributed by atoms with Crippen molar-refractivity contribution < 1.29 is 32.3 Å². The molecular weight excluding hydrogens is 511 g/mol. The van der Waals surface area contributed by atoms with E-state index in [1.807, 2.05) is 0 Å². The molecule has 0 radical (unpaired) electrons. The molecule has 1 N–H and O–H groups in total. The van der Waals surface area contributed by atoms with Crippen LogP contribution in [0, 0.1) is 0 Å². The minimum absolute atomic E-state index is 0.0175. The van der Waals surface area contributed by atoms with Crippen molar-refractivity contribution in [1.82, 2.24) is 10.2 Å². The lowest BCUT2D eigenvalue weighted by Gasteiger charge is -2.48. The van der Waals surface area contributed by atoms with Crippen LogP contribution in [0.2, 0.25) is 0 Å². The second kappa shape index (κ2) is 11.5. The molecule has 1 aliphatic heterocycles. The van der Waals surface area contributed by atoms with E-state index in [1.165, 1.54) is 17.0 Å². The molecule has 206 valence electrons. The average Bonchev–Trinajstić information content (AvgIpc) is 2.83. The van der Waals surface area contributed by atoms with Crippen molar-refractivity contribution in [3.05, 3.63) is 29.8 Å². The van der Waals surface area contributed by atoms with E-state index in [2.05, 4.69) is 5.32 Å². The summed E-state index contributed by atoms with van der Waals surface area (Å²) in [5.41, 5.74) is -3.24. The van der Waals surface area contributed by atoms with E-state index in [1.54, 1.807) is 20.8 Å². The van der Waals surface area contributed by atoms with E-state index in [0.29, 0.717) is 0 Å². The van der Waals surface area contributed by atoms with E-state index in [0.717, 1.165) is 49.1 Å². The summed E-state index contributed by atoms with van der Waals surface area (Å²) < 4.78 is 46.0. The fraction of sp³-hybridized carbons (Fsp3) is 0.654. The average molecular weight is 546 g/mol. The Morgan fingerprint density at radius 3 is 2.27 bits per heavy atom. The number of hydrogen-bond acceptors (Lipinski definition) is 4. The first-order chi connectivity index (χ1) is 17.3. The van der Waals surface area contributed by atoms with Crippen LogP contribution in [-0.4, -0.2) is 59.0 Å². The number of likely N-dealkylation sites (tertiary alicyclic amines) is 1. The van der Waals surface area contributed by atoms with Crippen molar-refractivity contribution in [2.75, 3.05) is 23.9 Å². The zero-order valence-electron chi connectivity index (χ0n) is 21.5. The largest absolute Gasteiger partial charge is 0.444 e. The van der Waals surface area contributed by atoms with Gasteiger partial charge in [0.2, 0.25) is 11.8 Å². The minimum Gasteiger partial charge on any atom is -0.444 e. The summed E-state index contributed by atoms with van der Waals surface area (Å²) >= 11 is 5.93. The first kappa shape index (κ1) is 29.1. The second-order valence-electron chi connectivity index (χ2n) is 10.7. The highest BCUT2D eigenvalue weighted by molar-refractivity contribution is 6.30. The Bertz CT molecular complexity index is 982. The van der Waals surface area contributed by atoms with Crippen LogP contribution in [-0.2, 0) is 20.5 Å². The summed E-state index contributed by atoms with van der Waals surface area (Å²) in [4.78, 5) is 42.3. The molecule has 7 nitrogen and oxygen atoms in total. The van der Waals surface area contributed by atoms with Crippen LogP contribution in [0.4, 0.5) is 23.7 Å². The fourth-order valence-corrected chi connectivity index (χ4v) is 5.13. The Hall–Kier alpha value is -2.49. The molecule has 37 heavy (non-hydrogen) atoms. The van der Waals surface area contributed by atoms with Crippen molar-refractivity contribution in [3.8, 4) is 0 Å². The van der Waals surface area contributed by atoms with E-state index >= 15 is 0 Å². The predicted octanol–water partition coefficient (Wildman–Crippen LogP) is 5.50. The highest BCUT2D eigenvalue weighted by Gasteiger charge is 2.50. The van der Waals surface area contributed by atoms with Gasteiger partial charge in [-0.2, -0.15) is 13.2 Å². The number of nitrogens with zero attached hydrogens (tertiary/aromatic N) is 2. The van der Waals surface area contributed by atoms with Crippen LogP contribution in [0.15, 0.2) is 24.3 Å². The number of amides is 3. The summed E-state index contributed by atoms with van der Waals surface area (Å²) in [7, 11) is 0. The Labute approximate surface area is 220 Å². The maximum atomic E-state index is 13.9. The Morgan fingerprint density at radius 2 is 1.73 bits per heavy atom. The monoisotopic (exact) mass is 545 g/mol. The lowest BCUT2D eigenvalue weighted by atomic mass is 9.83. The molecule has 0 spiro atoms. The third kappa shape index (κ3) is 7.09. The van der Waals surface area contributed by atoms with Crippen molar-refractivity contribution in [2.45, 2.75) is 89.1 Å². The van der Waals surface area contributed by atoms with Crippen LogP contribution in [0.25, 0.3) is 0 Å². The normalized spacial score (nSPS) is 18.7. The number of nitrogens with one attached hydrogen (secondary N) is 1. The standard InChI is InChI=1S/C26H35ClF3N3O4/c1-24(2,3)37-23(36)32-14-12-25(13-15-32,22(35)31-19-9-5-4-6-10-19)33(21(34)17-27)20-11-7-8-18(16-20)26(28,29)30/h7-8,11,16,19H,4-6,9-10,12-15,17H2,1-3H3,(H,31,35). The molecule has 3 rings (SSSR count). The molecule has 0 aromatic heterocycles. The number of halogens is 4. The zero-order valence-corrected chi connectivity index (χ0v) is 22.3. The lowest BCUT2D eigenvalue weighted by molar-refractivity contribution is -0.137. The molecule has 11 heteroatoms. The van der Waals surface area contributed by atoms with Gasteiger partial charge in [-0.1, -0.05) is 25.3 Å². The number of carbonyl (C=O) groups excluding carboxylic acids is 3. The Balaban J connectivity index is 2.00. The van der Waals surface area contributed by atoms with Gasteiger partial charge in [0.05, 0.1) is 5.56 Å². The first-order valence-corrected chi connectivity index (χ1v) is 13.2. The maximum absolute atomic E-state index is 13.9. The lowest BCUT2D eigenvalue weighted by Crippen LogP contribution is -2.67. The molecule has 1 aromatic carbocycles. The molecule has 1 aliphatic carbocycles. The van der Waals surface area contributed by atoms with E-state index < -0.39 is 46.7 Å². The fourth-order valence-electron chi connectivity index (χ4n) is 5.02. The molecule has 3 amide bonds. The van der Waals surface area contributed by atoms with Crippen LogP contribution in [0.3, 0.4) is 0 Å². The van der Waals surface area contributed by atoms with E-state index in [4.69, 9.17) is 16.3 Å². The van der Waals surface area contributed by atoms with Gasteiger partial charge in [0.15, 0.2) is 0 Å². The quantitative estimate of drug-likeness (QED) is 0.496. The van der Waals surface area contributed by atoms with Gasteiger partial charge in [-0.05, 0) is 64.7 Å². The molecule has 0 unspecified atom stereocenters. The van der Waals surface area contributed by atoms with Crippen LogP contribution >= 0.6 is 11.6 Å². The van der Waals surface area contributed by atoms with Crippen molar-refractivity contribution >= 4 is 35.2 Å². The number of alkyl halides is 4. The molecular formula is C26H35ClF3N3O4. The van der Waals surface area contributed by atoms with Gasteiger partial charge in [-0.15, -0.1) is 11.6 Å². The number of benzene rings is 1. The molecule has 2 fully saturated rings. The smallest absolute Gasteiger partial charge is 0.416 e. The zero-order chi connectivity index (χ0) is 27.4. The second-order valence-corrected chi connectivity index (χ2v) is 11.0. The Kier molecular flexibility index (Phi) is 9.03. The highest BCUT2D eigenvalue weighted by atomic mass is 35.5. The van der Waals surface area contributed by atoms with E-state index in [9.17, 15) is 27.6 Å². The van der Waals surface area contributed by atoms with Crippen LogP contribution in [0.1, 0.15) is 71.3 Å². The first-order valence-electron chi connectivity index (χ1n) is 12.6. The molecule has 2 aliphatic rings. The van der Waals surface area contributed by atoms with Gasteiger partial charge >= 0.3 is 12.3 Å². The number of piperidine rings is 1. The van der Waals surface area contributed by atoms with Crippen molar-refractivity contribution in [2.24, 2.45) is 0 Å². The van der Waals surface area contributed by atoms with Crippen LogP contribution in [0.5, 0.6) is 0 Å². The summed E-state index contributed by atoms with van der Waals surface area (Å²) in [6.45, 7) is 5.39. The summed E-state index contributed by atoms with van der Waals surface area (Å²) in [6, 6.07) is 4.26. The van der Waals surface area contributed by atoms with Gasteiger partial charge in [0, 0.05) is 24.8 Å². The van der Waals surface area contributed by atoms with Gasteiger partial charge in [0.25, 0.3) is 0 Å². The van der Waals surface area contributed by atoms with Crippen LogP contribution < -0.4 is 10.2 Å². The SMILES string of the molecule is CC(C)(C)OC(=O)N1CCC(C(=O)NC2CCCCC2)(N(C(=O)CCl)c2cccc(C(F)(F)F)c2)CC1. The molecule has 0 bridgehead atoms. The summed E-state index contributed by atoms with van der Waals surface area (Å²) in [6.07, 6.45) is -0.578. The van der Waals surface area contributed by atoms with Gasteiger partial charge in [-0.25, -0.2) is 4.79 Å². The third-order valence-corrected chi connectivity index (χ3v) is 7.06. The van der Waals surface area contributed by atoms with Crippen molar-refractivity contribution in [3.63, 3.8) is 0 Å². The predicted molar refractivity (Wildman–Crippen MR) is 134 cm³/mol. The minimum atomic E-state index is -4.64.